The Labute approximate surface area is 77.7 Å². The van der Waals surface area contributed by atoms with Crippen molar-refractivity contribution in [3.63, 3.8) is 0 Å². The minimum Gasteiger partial charge on any atom is -0.494 e. The summed E-state index contributed by atoms with van der Waals surface area (Å²) in [6.45, 7) is 4.14. The van der Waals surface area contributed by atoms with Crippen LogP contribution in [0, 0.1) is 0 Å². The molecule has 70 valence electrons. The Kier molecular flexibility index (Phi) is 3.46. The molecular formula is C10H14NO2+. The molecule has 0 aliphatic carbocycles. The van der Waals surface area contributed by atoms with Gasteiger partial charge in [0, 0.05) is 12.1 Å². The van der Waals surface area contributed by atoms with Crippen molar-refractivity contribution >= 4 is 11.6 Å². The van der Waals surface area contributed by atoms with Crippen molar-refractivity contribution in [1.29, 1.82) is 0 Å². The summed E-state index contributed by atoms with van der Waals surface area (Å²) in [4.78, 5) is 10.7. The van der Waals surface area contributed by atoms with Crippen LogP contribution in [0.15, 0.2) is 24.3 Å². The van der Waals surface area contributed by atoms with Gasteiger partial charge in [-0.2, -0.15) is 0 Å². The third-order valence-electron chi connectivity index (χ3n) is 1.56. The van der Waals surface area contributed by atoms with Gasteiger partial charge in [0.15, 0.2) is 0 Å². The van der Waals surface area contributed by atoms with E-state index in [1.54, 1.807) is 5.32 Å². The van der Waals surface area contributed by atoms with Gasteiger partial charge in [-0.1, -0.05) is 0 Å². The predicted octanol–water partition coefficient (Wildman–Crippen LogP) is 0.827. The topological polar surface area (TPSA) is 42.9 Å². The van der Waals surface area contributed by atoms with Crippen LogP contribution in [-0.2, 0) is 4.79 Å². The summed E-state index contributed by atoms with van der Waals surface area (Å²) in [5.41, 5.74) is 0.913. The molecular weight excluding hydrogens is 166 g/mol. The molecule has 0 atom stereocenters. The first-order valence-corrected chi connectivity index (χ1v) is 4.30. The summed E-state index contributed by atoms with van der Waals surface area (Å²) in [7, 11) is 0. The molecule has 1 aromatic carbocycles. The Bertz CT molecular complexity index is 279. The highest BCUT2D eigenvalue weighted by Gasteiger charge is 2.00. The first-order valence-electron chi connectivity index (χ1n) is 4.30. The number of hydrogen-bond donors (Lipinski definition) is 1. The van der Waals surface area contributed by atoms with Crippen molar-refractivity contribution in [1.82, 2.24) is 0 Å². The van der Waals surface area contributed by atoms with Crippen LogP contribution >= 0.6 is 0 Å². The van der Waals surface area contributed by atoms with Gasteiger partial charge in [0.25, 0.3) is 0 Å². The number of rotatable bonds is 3. The quantitative estimate of drug-likeness (QED) is 0.700. The van der Waals surface area contributed by atoms with E-state index in [0.29, 0.717) is 6.61 Å². The average Bonchev–Trinajstić information content (AvgIpc) is 2.08. The summed E-state index contributed by atoms with van der Waals surface area (Å²) in [6, 6.07) is 7.45. The van der Waals surface area contributed by atoms with E-state index in [4.69, 9.17) is 4.74 Å². The number of nitrogens with two attached hydrogens (primary N) is 1. The van der Waals surface area contributed by atoms with E-state index >= 15 is 0 Å². The molecule has 13 heavy (non-hydrogen) atoms. The van der Waals surface area contributed by atoms with Gasteiger partial charge in [0.2, 0.25) is 0 Å². The number of carbonyl (C=O) groups excluding carboxylic acids is 1. The maximum atomic E-state index is 10.7. The number of ether oxygens (including phenoxy) is 1. The second-order valence-corrected chi connectivity index (χ2v) is 2.76. The molecule has 3 nitrogen and oxygen atoms in total. The van der Waals surface area contributed by atoms with Crippen molar-refractivity contribution < 1.29 is 14.8 Å². The van der Waals surface area contributed by atoms with Crippen LogP contribution in [0.5, 0.6) is 5.75 Å². The zero-order valence-corrected chi connectivity index (χ0v) is 7.91. The number of primary amides is 1. The molecule has 0 spiro atoms. The van der Waals surface area contributed by atoms with Gasteiger partial charge in [0.05, 0.1) is 13.5 Å². The number of carbonyl (C=O) groups is 1. The highest BCUT2D eigenvalue weighted by Crippen LogP contribution is 2.11. The van der Waals surface area contributed by atoms with Gasteiger partial charge in [-0.15, -0.1) is 0 Å². The van der Waals surface area contributed by atoms with E-state index in [0.717, 1.165) is 11.4 Å². The van der Waals surface area contributed by atoms with Crippen molar-refractivity contribution in [3.8, 4) is 5.75 Å². The molecule has 1 rings (SSSR count). The number of quaternary nitrogens is 1. The lowest BCUT2D eigenvalue weighted by Crippen LogP contribution is -2.81. The lowest BCUT2D eigenvalue weighted by Gasteiger charge is -2.01. The van der Waals surface area contributed by atoms with Gasteiger partial charge < -0.3 is 4.74 Å². The summed E-state index contributed by atoms with van der Waals surface area (Å²) in [5.74, 6) is 0.896. The van der Waals surface area contributed by atoms with E-state index in [-0.39, 0.29) is 5.91 Å². The van der Waals surface area contributed by atoms with Crippen LogP contribution in [0.2, 0.25) is 0 Å². The first kappa shape index (κ1) is 9.74. The standard InChI is InChI=1S/C10H13NO2/c1-3-13-10-6-4-9(5-7-10)11-8(2)12/h4-7H,3H2,1-2H3,(H,11,12)/p+1. The maximum Gasteiger partial charge on any atom is 0.312 e. The van der Waals surface area contributed by atoms with Crippen molar-refractivity contribution in [3.05, 3.63) is 24.3 Å². The van der Waals surface area contributed by atoms with E-state index < -0.39 is 0 Å². The van der Waals surface area contributed by atoms with Gasteiger partial charge in [-0.3, -0.25) is 5.32 Å². The fourth-order valence-corrected chi connectivity index (χ4v) is 1.06. The van der Waals surface area contributed by atoms with E-state index in [1.807, 2.05) is 31.2 Å². The zero-order chi connectivity index (χ0) is 9.68. The second-order valence-electron chi connectivity index (χ2n) is 2.76. The third-order valence-corrected chi connectivity index (χ3v) is 1.56. The molecule has 0 heterocycles. The Hall–Kier alpha value is -1.35. The molecule has 1 aromatic rings. The predicted molar refractivity (Wildman–Crippen MR) is 49.9 cm³/mol. The molecule has 0 unspecified atom stereocenters. The zero-order valence-electron chi connectivity index (χ0n) is 7.91. The van der Waals surface area contributed by atoms with Crippen molar-refractivity contribution in [2.24, 2.45) is 0 Å². The fourth-order valence-electron chi connectivity index (χ4n) is 1.06. The third kappa shape index (κ3) is 3.25. The van der Waals surface area contributed by atoms with E-state index in [2.05, 4.69) is 0 Å². The second kappa shape index (κ2) is 4.62. The highest BCUT2D eigenvalue weighted by atomic mass is 16.5. The molecule has 0 radical (unpaired) electrons. The Balaban J connectivity index is 2.64. The van der Waals surface area contributed by atoms with Crippen LogP contribution in [0.4, 0.5) is 5.69 Å². The van der Waals surface area contributed by atoms with Gasteiger partial charge >= 0.3 is 5.91 Å². The number of benzene rings is 1. The molecule has 0 fully saturated rings. The van der Waals surface area contributed by atoms with Crippen molar-refractivity contribution in [2.75, 3.05) is 6.61 Å². The molecule has 0 aromatic heterocycles. The fraction of sp³-hybridized carbons (Fsp3) is 0.300. The molecule has 0 saturated carbocycles. The summed E-state index contributed by atoms with van der Waals surface area (Å²) < 4.78 is 5.27. The van der Waals surface area contributed by atoms with Crippen LogP contribution in [0.25, 0.3) is 0 Å². The normalized spacial score (nSPS) is 9.69. The van der Waals surface area contributed by atoms with Gasteiger partial charge in [-0.25, -0.2) is 4.79 Å². The van der Waals surface area contributed by atoms with E-state index in [9.17, 15) is 4.79 Å². The molecule has 0 saturated heterocycles. The summed E-state index contributed by atoms with van der Waals surface area (Å²) in [6.07, 6.45) is 0. The lowest BCUT2D eigenvalue weighted by molar-refractivity contribution is -0.481. The molecule has 0 aliphatic rings. The van der Waals surface area contributed by atoms with Crippen LogP contribution < -0.4 is 10.1 Å². The largest absolute Gasteiger partial charge is 0.494 e. The van der Waals surface area contributed by atoms with Crippen molar-refractivity contribution in [2.45, 2.75) is 13.8 Å². The van der Waals surface area contributed by atoms with Crippen LogP contribution in [0.1, 0.15) is 13.8 Å². The van der Waals surface area contributed by atoms with Crippen LogP contribution in [0.3, 0.4) is 0 Å². The maximum absolute atomic E-state index is 10.7. The molecule has 1 amide bonds. The van der Waals surface area contributed by atoms with Crippen LogP contribution in [-0.4, -0.2) is 12.5 Å². The minimum absolute atomic E-state index is 0.0594. The number of hydrogen-bond acceptors (Lipinski definition) is 2. The van der Waals surface area contributed by atoms with Gasteiger partial charge in [0.1, 0.15) is 11.4 Å². The Morgan fingerprint density at radius 2 is 2.00 bits per heavy atom. The first-order chi connectivity index (χ1) is 6.22. The summed E-state index contributed by atoms with van der Waals surface area (Å²) >= 11 is 0. The average molecular weight is 180 g/mol. The summed E-state index contributed by atoms with van der Waals surface area (Å²) in [5, 5.41) is 1.59. The van der Waals surface area contributed by atoms with Gasteiger partial charge in [-0.05, 0) is 19.1 Å². The lowest BCUT2D eigenvalue weighted by atomic mass is 10.3. The molecule has 3 heteroatoms. The van der Waals surface area contributed by atoms with E-state index in [1.165, 1.54) is 6.92 Å². The molecule has 2 N–H and O–H groups in total. The SMILES string of the molecule is CCOc1ccc([NH2+]C(C)=O)cc1. The molecule has 0 bridgehead atoms. The smallest absolute Gasteiger partial charge is 0.312 e. The Morgan fingerprint density at radius 1 is 1.38 bits per heavy atom. The monoisotopic (exact) mass is 180 g/mol. The Morgan fingerprint density at radius 3 is 2.46 bits per heavy atom. The number of amides is 1. The minimum atomic E-state index is 0.0594. The molecule has 0 aliphatic heterocycles. The highest BCUT2D eigenvalue weighted by molar-refractivity contribution is 5.64.